The Morgan fingerprint density at radius 1 is 1.42 bits per heavy atom. The molecule has 0 aliphatic carbocycles. The van der Waals surface area contributed by atoms with E-state index in [0.717, 1.165) is 0 Å². The second-order valence-electron chi connectivity index (χ2n) is 4.03. The maximum Gasteiger partial charge on any atom is 0.322 e. The Labute approximate surface area is 112 Å². The fraction of sp³-hybridized carbons (Fsp3) is 0.462. The van der Waals surface area contributed by atoms with Crippen LogP contribution in [-0.2, 0) is 4.74 Å². The number of benzene rings is 1. The number of urea groups is 1. The molecular formula is C13H20FN3O2. The number of carbonyl (C=O) groups is 1. The van der Waals surface area contributed by atoms with E-state index in [9.17, 15) is 9.18 Å². The van der Waals surface area contributed by atoms with Gasteiger partial charge in [-0.05, 0) is 25.1 Å². The first-order chi connectivity index (χ1) is 9.19. The minimum atomic E-state index is -0.457. The molecule has 3 N–H and O–H groups in total. The van der Waals surface area contributed by atoms with E-state index in [1.165, 1.54) is 12.1 Å². The number of carbonyl (C=O) groups excluding carboxylic acids is 1. The molecule has 0 atom stereocenters. The molecule has 0 aromatic heterocycles. The van der Waals surface area contributed by atoms with Gasteiger partial charge in [0.2, 0.25) is 0 Å². The molecular weight excluding hydrogens is 249 g/mol. The van der Waals surface area contributed by atoms with Gasteiger partial charge in [-0.25, -0.2) is 9.18 Å². The lowest BCUT2D eigenvalue weighted by molar-refractivity contribution is 0.155. The Morgan fingerprint density at radius 3 is 2.79 bits per heavy atom. The van der Waals surface area contributed by atoms with Crippen molar-refractivity contribution in [2.24, 2.45) is 5.73 Å². The number of nitrogens with one attached hydrogen (secondary N) is 1. The molecule has 0 fully saturated rings. The minimum Gasteiger partial charge on any atom is -0.383 e. The van der Waals surface area contributed by atoms with E-state index in [0.29, 0.717) is 32.7 Å². The zero-order valence-electron chi connectivity index (χ0n) is 11.1. The number of hydrogen-bond acceptors (Lipinski definition) is 3. The topological polar surface area (TPSA) is 67.6 Å². The molecule has 19 heavy (non-hydrogen) atoms. The van der Waals surface area contributed by atoms with E-state index in [4.69, 9.17) is 10.5 Å². The summed E-state index contributed by atoms with van der Waals surface area (Å²) < 4.78 is 18.4. The zero-order chi connectivity index (χ0) is 14.1. The van der Waals surface area contributed by atoms with Crippen LogP contribution in [0.4, 0.5) is 14.9 Å². The summed E-state index contributed by atoms with van der Waals surface area (Å²) in [5.41, 5.74) is 5.60. The van der Waals surface area contributed by atoms with Crippen molar-refractivity contribution in [2.75, 3.05) is 38.7 Å². The first-order valence-electron chi connectivity index (χ1n) is 6.18. The first-order valence-corrected chi connectivity index (χ1v) is 6.18. The zero-order valence-corrected chi connectivity index (χ0v) is 11.1. The molecule has 2 amide bonds. The van der Waals surface area contributed by atoms with Crippen LogP contribution < -0.4 is 11.1 Å². The lowest BCUT2D eigenvalue weighted by atomic mass is 10.3. The fourth-order valence-corrected chi connectivity index (χ4v) is 1.56. The second kappa shape index (κ2) is 8.44. The van der Waals surface area contributed by atoms with Crippen LogP contribution in [0.15, 0.2) is 24.3 Å². The van der Waals surface area contributed by atoms with Gasteiger partial charge in [0, 0.05) is 20.2 Å². The van der Waals surface area contributed by atoms with Crippen molar-refractivity contribution in [3.63, 3.8) is 0 Å². The summed E-state index contributed by atoms with van der Waals surface area (Å²) in [5.74, 6) is -0.457. The maximum absolute atomic E-state index is 13.4. The lowest BCUT2D eigenvalue weighted by Crippen LogP contribution is -2.38. The molecule has 0 bridgehead atoms. The van der Waals surface area contributed by atoms with Crippen LogP contribution in [0, 0.1) is 5.82 Å². The lowest BCUT2D eigenvalue weighted by Gasteiger charge is -2.22. The summed E-state index contributed by atoms with van der Waals surface area (Å²) in [6.07, 6.45) is 0.689. The normalized spacial score (nSPS) is 10.3. The molecule has 0 heterocycles. The van der Waals surface area contributed by atoms with Gasteiger partial charge in [-0.15, -0.1) is 0 Å². The standard InChI is InChI=1S/C13H20FN3O2/c1-19-10-9-17(8-4-7-15)13(18)16-12-6-3-2-5-11(12)14/h2-3,5-6H,4,7-10,15H2,1H3,(H,16,18). The predicted octanol–water partition coefficient (Wildman–Crippen LogP) is 1.65. The monoisotopic (exact) mass is 269 g/mol. The minimum absolute atomic E-state index is 0.169. The van der Waals surface area contributed by atoms with E-state index in [2.05, 4.69) is 5.32 Å². The molecule has 0 aliphatic rings. The smallest absolute Gasteiger partial charge is 0.322 e. The van der Waals surface area contributed by atoms with Gasteiger partial charge in [-0.1, -0.05) is 12.1 Å². The summed E-state index contributed by atoms with van der Waals surface area (Å²) >= 11 is 0. The van der Waals surface area contributed by atoms with Gasteiger partial charge in [0.15, 0.2) is 0 Å². The Bertz CT molecular complexity index is 393. The van der Waals surface area contributed by atoms with E-state index in [-0.39, 0.29) is 11.7 Å². The van der Waals surface area contributed by atoms with Gasteiger partial charge in [0.1, 0.15) is 5.82 Å². The molecule has 1 rings (SSSR count). The highest BCUT2D eigenvalue weighted by atomic mass is 19.1. The highest BCUT2D eigenvalue weighted by Crippen LogP contribution is 2.13. The Kier molecular flexibility index (Phi) is 6.84. The molecule has 0 unspecified atom stereocenters. The quantitative estimate of drug-likeness (QED) is 0.791. The summed E-state index contributed by atoms with van der Waals surface area (Å²) in [6, 6.07) is 5.70. The van der Waals surface area contributed by atoms with E-state index in [1.807, 2.05) is 0 Å². The first kappa shape index (κ1) is 15.4. The van der Waals surface area contributed by atoms with Crippen molar-refractivity contribution in [2.45, 2.75) is 6.42 Å². The maximum atomic E-state index is 13.4. The van der Waals surface area contributed by atoms with Crippen LogP contribution in [0.5, 0.6) is 0 Å². The molecule has 0 saturated heterocycles. The largest absolute Gasteiger partial charge is 0.383 e. The third kappa shape index (κ3) is 5.23. The molecule has 5 nitrogen and oxygen atoms in total. The number of nitrogens with two attached hydrogens (primary N) is 1. The molecule has 106 valence electrons. The van der Waals surface area contributed by atoms with Gasteiger partial charge in [0.05, 0.1) is 12.3 Å². The third-order valence-electron chi connectivity index (χ3n) is 2.60. The number of para-hydroxylation sites is 1. The molecule has 0 radical (unpaired) electrons. The van der Waals surface area contributed by atoms with Crippen molar-refractivity contribution >= 4 is 11.7 Å². The Morgan fingerprint density at radius 2 is 2.16 bits per heavy atom. The predicted molar refractivity (Wildman–Crippen MR) is 72.5 cm³/mol. The number of methoxy groups -OCH3 is 1. The van der Waals surface area contributed by atoms with Crippen molar-refractivity contribution in [1.82, 2.24) is 4.90 Å². The number of halogens is 1. The molecule has 0 spiro atoms. The SMILES string of the molecule is COCCN(CCCN)C(=O)Nc1ccccc1F. The molecule has 6 heteroatoms. The molecule has 0 aliphatic heterocycles. The molecule has 0 saturated carbocycles. The molecule has 1 aromatic carbocycles. The Hall–Kier alpha value is -1.66. The number of hydrogen-bond donors (Lipinski definition) is 2. The van der Waals surface area contributed by atoms with Gasteiger partial charge in [-0.2, -0.15) is 0 Å². The summed E-state index contributed by atoms with van der Waals surface area (Å²) in [4.78, 5) is 13.6. The average Bonchev–Trinajstić information content (AvgIpc) is 2.41. The summed E-state index contributed by atoms with van der Waals surface area (Å²) in [6.45, 7) is 1.88. The van der Waals surface area contributed by atoms with Crippen LogP contribution >= 0.6 is 0 Å². The highest BCUT2D eigenvalue weighted by Gasteiger charge is 2.14. The number of amides is 2. The van der Waals surface area contributed by atoms with Crippen molar-refractivity contribution in [3.8, 4) is 0 Å². The summed E-state index contributed by atoms with van der Waals surface area (Å²) in [5, 5.41) is 2.54. The van der Waals surface area contributed by atoms with Gasteiger partial charge < -0.3 is 20.7 Å². The summed E-state index contributed by atoms with van der Waals surface area (Å²) in [7, 11) is 1.57. The van der Waals surface area contributed by atoms with E-state index >= 15 is 0 Å². The van der Waals surface area contributed by atoms with Gasteiger partial charge in [0.25, 0.3) is 0 Å². The van der Waals surface area contributed by atoms with Crippen LogP contribution in [0.3, 0.4) is 0 Å². The number of rotatable bonds is 7. The average molecular weight is 269 g/mol. The van der Waals surface area contributed by atoms with Crippen LogP contribution in [0.25, 0.3) is 0 Å². The fourth-order valence-electron chi connectivity index (χ4n) is 1.56. The highest BCUT2D eigenvalue weighted by molar-refractivity contribution is 5.89. The van der Waals surface area contributed by atoms with E-state index < -0.39 is 5.82 Å². The van der Waals surface area contributed by atoms with Gasteiger partial charge in [-0.3, -0.25) is 0 Å². The number of anilines is 1. The van der Waals surface area contributed by atoms with Gasteiger partial charge >= 0.3 is 6.03 Å². The second-order valence-corrected chi connectivity index (χ2v) is 4.03. The van der Waals surface area contributed by atoms with Crippen LogP contribution in [-0.4, -0.2) is 44.3 Å². The van der Waals surface area contributed by atoms with Crippen molar-refractivity contribution < 1.29 is 13.9 Å². The van der Waals surface area contributed by atoms with Crippen molar-refractivity contribution in [3.05, 3.63) is 30.1 Å². The van der Waals surface area contributed by atoms with Crippen LogP contribution in [0.2, 0.25) is 0 Å². The van der Waals surface area contributed by atoms with Crippen LogP contribution in [0.1, 0.15) is 6.42 Å². The number of ether oxygens (including phenoxy) is 1. The Balaban J connectivity index is 2.62. The third-order valence-corrected chi connectivity index (χ3v) is 2.60. The van der Waals surface area contributed by atoms with E-state index in [1.54, 1.807) is 24.1 Å². The number of nitrogens with zero attached hydrogens (tertiary/aromatic N) is 1. The molecule has 1 aromatic rings. The van der Waals surface area contributed by atoms with Crippen molar-refractivity contribution in [1.29, 1.82) is 0 Å².